The van der Waals surface area contributed by atoms with Crippen LogP contribution in [0.1, 0.15) is 44.2 Å². The Morgan fingerprint density at radius 3 is 2.28 bits per heavy atom. The first kappa shape index (κ1) is 22.5. The lowest BCUT2D eigenvalue weighted by Crippen LogP contribution is -2.49. The van der Waals surface area contributed by atoms with Crippen molar-refractivity contribution in [3.05, 3.63) is 65.7 Å². The van der Waals surface area contributed by atoms with Crippen molar-refractivity contribution in [1.82, 2.24) is 10.2 Å². The van der Waals surface area contributed by atoms with E-state index in [4.69, 9.17) is 4.74 Å². The van der Waals surface area contributed by atoms with Crippen LogP contribution in [0.5, 0.6) is 5.75 Å². The number of hydrogen-bond donors (Lipinski definition) is 1. The van der Waals surface area contributed by atoms with E-state index < -0.39 is 6.04 Å². The van der Waals surface area contributed by atoms with Gasteiger partial charge < -0.3 is 15.0 Å². The maximum Gasteiger partial charge on any atom is 0.242 e. The monoisotopic (exact) mass is 396 g/mol. The molecule has 1 N–H and O–H groups in total. The third-order valence-corrected chi connectivity index (χ3v) is 4.93. The number of benzene rings is 2. The summed E-state index contributed by atoms with van der Waals surface area (Å²) in [6.07, 6.45) is 2.76. The van der Waals surface area contributed by atoms with Gasteiger partial charge in [0.05, 0.1) is 13.5 Å². The van der Waals surface area contributed by atoms with Gasteiger partial charge in [0, 0.05) is 13.1 Å². The number of nitrogens with zero attached hydrogens (tertiary/aromatic N) is 1. The molecule has 0 spiro atoms. The standard InChI is InChI=1S/C24H32N2O3/c1-4-6-16-25-24(28)22(5-2)26(18-20-10-8-7-9-11-20)23(27)17-19-12-14-21(29-3)15-13-19/h7-15,22H,4-6,16-18H2,1-3H3,(H,25,28)/t22-/m1/s1. The van der Waals surface area contributed by atoms with Gasteiger partial charge >= 0.3 is 0 Å². The van der Waals surface area contributed by atoms with E-state index in [1.165, 1.54) is 0 Å². The van der Waals surface area contributed by atoms with Gasteiger partial charge in [-0.1, -0.05) is 62.7 Å². The summed E-state index contributed by atoms with van der Waals surface area (Å²) in [5, 5.41) is 2.99. The lowest BCUT2D eigenvalue weighted by molar-refractivity contribution is -0.140. The highest BCUT2D eigenvalue weighted by Gasteiger charge is 2.28. The van der Waals surface area contributed by atoms with Crippen molar-refractivity contribution in [3.8, 4) is 5.75 Å². The molecule has 0 aliphatic carbocycles. The lowest BCUT2D eigenvalue weighted by Gasteiger charge is -2.31. The highest BCUT2D eigenvalue weighted by molar-refractivity contribution is 5.88. The maximum atomic E-state index is 13.2. The Morgan fingerprint density at radius 2 is 1.69 bits per heavy atom. The summed E-state index contributed by atoms with van der Waals surface area (Å²) in [7, 11) is 1.62. The van der Waals surface area contributed by atoms with E-state index in [0.29, 0.717) is 19.5 Å². The molecule has 0 aliphatic heterocycles. The molecule has 2 aromatic rings. The topological polar surface area (TPSA) is 58.6 Å². The van der Waals surface area contributed by atoms with Gasteiger partial charge in [0.2, 0.25) is 11.8 Å². The third kappa shape index (κ3) is 6.93. The number of amides is 2. The predicted octanol–water partition coefficient (Wildman–Crippen LogP) is 3.96. The number of unbranched alkanes of at least 4 members (excludes halogenated alkanes) is 1. The van der Waals surface area contributed by atoms with Crippen LogP contribution in [0.4, 0.5) is 0 Å². The van der Waals surface area contributed by atoms with Crippen molar-refractivity contribution in [1.29, 1.82) is 0 Å². The zero-order chi connectivity index (χ0) is 21.1. The Morgan fingerprint density at radius 1 is 1.00 bits per heavy atom. The SMILES string of the molecule is CCCCNC(=O)[C@@H](CC)N(Cc1ccccc1)C(=O)Cc1ccc(OC)cc1. The predicted molar refractivity (Wildman–Crippen MR) is 116 cm³/mol. The molecule has 0 heterocycles. The molecule has 2 rings (SSSR count). The van der Waals surface area contributed by atoms with Crippen molar-refractivity contribution in [2.45, 2.75) is 52.1 Å². The lowest BCUT2D eigenvalue weighted by atomic mass is 10.1. The molecule has 2 aromatic carbocycles. The smallest absolute Gasteiger partial charge is 0.242 e. The minimum atomic E-state index is -0.488. The molecule has 0 bridgehead atoms. The first-order valence-electron chi connectivity index (χ1n) is 10.3. The zero-order valence-electron chi connectivity index (χ0n) is 17.7. The molecule has 0 aliphatic rings. The van der Waals surface area contributed by atoms with Crippen LogP contribution in [0.3, 0.4) is 0 Å². The summed E-state index contributed by atoms with van der Waals surface area (Å²) < 4.78 is 5.19. The van der Waals surface area contributed by atoms with Gasteiger partial charge in [-0.3, -0.25) is 9.59 Å². The van der Waals surface area contributed by atoms with E-state index in [1.54, 1.807) is 12.0 Å². The van der Waals surface area contributed by atoms with Gasteiger partial charge in [-0.05, 0) is 36.1 Å². The highest BCUT2D eigenvalue weighted by atomic mass is 16.5. The van der Waals surface area contributed by atoms with Crippen LogP contribution in [0, 0.1) is 0 Å². The van der Waals surface area contributed by atoms with Crippen LogP contribution in [-0.4, -0.2) is 36.4 Å². The number of rotatable bonds is 11. The fraction of sp³-hybridized carbons (Fsp3) is 0.417. The number of methoxy groups -OCH3 is 1. The average Bonchev–Trinajstić information content (AvgIpc) is 2.75. The summed E-state index contributed by atoms with van der Waals surface area (Å²) >= 11 is 0. The fourth-order valence-corrected chi connectivity index (χ4v) is 3.23. The van der Waals surface area contributed by atoms with Crippen molar-refractivity contribution >= 4 is 11.8 Å². The Hall–Kier alpha value is -2.82. The normalized spacial score (nSPS) is 11.6. The van der Waals surface area contributed by atoms with Crippen LogP contribution in [0.25, 0.3) is 0 Å². The number of nitrogens with one attached hydrogen (secondary N) is 1. The van der Waals surface area contributed by atoms with Crippen LogP contribution >= 0.6 is 0 Å². The van der Waals surface area contributed by atoms with Crippen molar-refractivity contribution in [3.63, 3.8) is 0 Å². The van der Waals surface area contributed by atoms with Crippen LogP contribution < -0.4 is 10.1 Å². The molecule has 5 nitrogen and oxygen atoms in total. The molecule has 0 radical (unpaired) electrons. The van der Waals surface area contributed by atoms with Gasteiger partial charge in [0.15, 0.2) is 0 Å². The van der Waals surface area contributed by atoms with Gasteiger partial charge in [-0.2, -0.15) is 0 Å². The van der Waals surface area contributed by atoms with E-state index in [9.17, 15) is 9.59 Å². The molecule has 0 fully saturated rings. The molecular weight excluding hydrogens is 364 g/mol. The number of carbonyl (C=O) groups excluding carboxylic acids is 2. The second-order valence-corrected chi connectivity index (χ2v) is 7.10. The maximum absolute atomic E-state index is 13.2. The minimum Gasteiger partial charge on any atom is -0.497 e. The molecule has 0 saturated heterocycles. The van der Waals surface area contributed by atoms with Crippen molar-refractivity contribution in [2.75, 3.05) is 13.7 Å². The molecule has 5 heteroatoms. The van der Waals surface area contributed by atoms with Crippen LogP contribution in [0.15, 0.2) is 54.6 Å². The summed E-state index contributed by atoms with van der Waals surface area (Å²) in [5.74, 6) is 0.612. The molecule has 0 saturated carbocycles. The molecule has 1 atom stereocenters. The fourth-order valence-electron chi connectivity index (χ4n) is 3.23. The number of ether oxygens (including phenoxy) is 1. The van der Waals surface area contributed by atoms with Gasteiger partial charge in [0.25, 0.3) is 0 Å². The molecular formula is C24H32N2O3. The average molecular weight is 397 g/mol. The van der Waals surface area contributed by atoms with Crippen LogP contribution in [-0.2, 0) is 22.6 Å². The first-order valence-corrected chi connectivity index (χ1v) is 10.3. The second kappa shape index (κ2) is 11.9. The zero-order valence-corrected chi connectivity index (χ0v) is 17.7. The second-order valence-electron chi connectivity index (χ2n) is 7.10. The molecule has 29 heavy (non-hydrogen) atoms. The first-order chi connectivity index (χ1) is 14.1. The Labute approximate surface area is 174 Å². The highest BCUT2D eigenvalue weighted by Crippen LogP contribution is 2.16. The van der Waals surface area contributed by atoms with E-state index >= 15 is 0 Å². The summed E-state index contributed by atoms with van der Waals surface area (Å²) in [5.41, 5.74) is 1.91. The Bertz CT molecular complexity index is 759. The van der Waals surface area contributed by atoms with Crippen molar-refractivity contribution < 1.29 is 14.3 Å². The van der Waals surface area contributed by atoms with E-state index in [2.05, 4.69) is 12.2 Å². The van der Waals surface area contributed by atoms with E-state index in [0.717, 1.165) is 29.7 Å². The summed E-state index contributed by atoms with van der Waals surface area (Å²) in [6.45, 7) is 5.08. The van der Waals surface area contributed by atoms with E-state index in [-0.39, 0.29) is 18.2 Å². The largest absolute Gasteiger partial charge is 0.497 e. The quantitative estimate of drug-likeness (QED) is 0.585. The summed E-state index contributed by atoms with van der Waals surface area (Å²) in [6, 6.07) is 16.8. The molecule has 0 unspecified atom stereocenters. The van der Waals surface area contributed by atoms with Crippen molar-refractivity contribution in [2.24, 2.45) is 0 Å². The van der Waals surface area contributed by atoms with Crippen LogP contribution in [0.2, 0.25) is 0 Å². The molecule has 2 amide bonds. The Kier molecular flexibility index (Phi) is 9.22. The van der Waals surface area contributed by atoms with E-state index in [1.807, 2.05) is 61.5 Å². The summed E-state index contributed by atoms with van der Waals surface area (Å²) in [4.78, 5) is 27.7. The van der Waals surface area contributed by atoms with Gasteiger partial charge in [-0.15, -0.1) is 0 Å². The number of carbonyl (C=O) groups is 2. The van der Waals surface area contributed by atoms with Gasteiger partial charge in [-0.25, -0.2) is 0 Å². The molecule has 156 valence electrons. The van der Waals surface area contributed by atoms with Gasteiger partial charge in [0.1, 0.15) is 11.8 Å². The third-order valence-electron chi connectivity index (χ3n) is 4.93. The number of hydrogen-bond acceptors (Lipinski definition) is 3. The molecule has 0 aromatic heterocycles. The Balaban J connectivity index is 2.19. The minimum absolute atomic E-state index is 0.0588.